The summed E-state index contributed by atoms with van der Waals surface area (Å²) >= 11 is 0. The maximum absolute atomic E-state index is 12.3. The van der Waals surface area contributed by atoms with Crippen LogP contribution in [0.1, 0.15) is 40.0 Å². The molecule has 0 radical (unpaired) electrons. The van der Waals surface area contributed by atoms with Crippen LogP contribution in [0.4, 0.5) is 5.69 Å². The lowest BCUT2D eigenvalue weighted by molar-refractivity contribution is -0.121. The normalized spacial score (nSPS) is 23.4. The molecule has 1 amide bonds. The molecule has 2 unspecified atom stereocenters. The summed E-state index contributed by atoms with van der Waals surface area (Å²) in [5.74, 6) is 0.817. The quantitative estimate of drug-likeness (QED) is 0.869. The van der Waals surface area contributed by atoms with Gasteiger partial charge in [-0.3, -0.25) is 4.79 Å². The average molecular weight is 276 g/mol. The molecule has 110 valence electrons. The summed E-state index contributed by atoms with van der Waals surface area (Å²) in [6.45, 7) is 6.98. The lowest BCUT2D eigenvalue weighted by Crippen LogP contribution is -2.47. The molecule has 20 heavy (non-hydrogen) atoms. The fourth-order valence-corrected chi connectivity index (χ4v) is 2.32. The Morgan fingerprint density at radius 3 is 3.00 bits per heavy atom. The van der Waals surface area contributed by atoms with E-state index in [1.54, 1.807) is 0 Å². The first-order chi connectivity index (χ1) is 9.53. The van der Waals surface area contributed by atoms with Gasteiger partial charge in [-0.1, -0.05) is 13.0 Å². The molecule has 0 saturated carbocycles. The molecular formula is C16H24N2O2. The van der Waals surface area contributed by atoms with Crippen molar-refractivity contribution in [2.75, 3.05) is 11.9 Å². The lowest BCUT2D eigenvalue weighted by Gasteiger charge is -2.23. The van der Waals surface area contributed by atoms with Gasteiger partial charge in [-0.25, -0.2) is 0 Å². The molecule has 2 atom stereocenters. The minimum absolute atomic E-state index is 0.0238. The third kappa shape index (κ3) is 3.51. The van der Waals surface area contributed by atoms with Crippen molar-refractivity contribution in [2.45, 2.75) is 51.7 Å². The van der Waals surface area contributed by atoms with Gasteiger partial charge < -0.3 is 15.4 Å². The molecule has 1 fully saturated rings. The Balaban J connectivity index is 2.02. The van der Waals surface area contributed by atoms with E-state index in [1.807, 2.05) is 38.1 Å². The Morgan fingerprint density at radius 1 is 1.55 bits per heavy atom. The van der Waals surface area contributed by atoms with Crippen molar-refractivity contribution in [1.82, 2.24) is 5.32 Å². The van der Waals surface area contributed by atoms with Crippen molar-refractivity contribution >= 4 is 11.6 Å². The predicted octanol–water partition coefficient (Wildman–Crippen LogP) is 2.94. The topological polar surface area (TPSA) is 50.4 Å². The van der Waals surface area contributed by atoms with E-state index in [2.05, 4.69) is 17.6 Å². The third-order valence-electron chi connectivity index (χ3n) is 3.87. The number of hydrogen-bond donors (Lipinski definition) is 2. The van der Waals surface area contributed by atoms with Crippen LogP contribution in [-0.2, 0) is 4.79 Å². The summed E-state index contributed by atoms with van der Waals surface area (Å²) in [5, 5.41) is 6.24. The van der Waals surface area contributed by atoms with E-state index in [1.165, 1.54) is 0 Å². The number of amides is 1. The number of rotatable bonds is 5. The highest BCUT2D eigenvalue weighted by molar-refractivity contribution is 5.98. The van der Waals surface area contributed by atoms with Crippen LogP contribution in [0, 0.1) is 0 Å². The Bertz CT molecular complexity index is 467. The summed E-state index contributed by atoms with van der Waals surface area (Å²) in [6.07, 6.45) is 3.05. The van der Waals surface area contributed by atoms with Gasteiger partial charge in [0.15, 0.2) is 0 Å². The molecule has 1 aliphatic rings. The number of carbonyl (C=O) groups excluding carboxylic acids is 1. The molecule has 1 saturated heterocycles. The van der Waals surface area contributed by atoms with Crippen LogP contribution >= 0.6 is 0 Å². The Labute approximate surface area is 120 Å². The van der Waals surface area contributed by atoms with E-state index >= 15 is 0 Å². The van der Waals surface area contributed by atoms with Gasteiger partial charge in [-0.15, -0.1) is 0 Å². The van der Waals surface area contributed by atoms with Crippen LogP contribution in [0.25, 0.3) is 0 Å². The Kier molecular flexibility index (Phi) is 4.65. The van der Waals surface area contributed by atoms with Gasteiger partial charge in [-0.2, -0.15) is 0 Å². The number of hydrogen-bond acceptors (Lipinski definition) is 3. The van der Waals surface area contributed by atoms with Gasteiger partial charge in [0.2, 0.25) is 5.91 Å². The van der Waals surface area contributed by atoms with Crippen LogP contribution < -0.4 is 15.4 Å². The smallest absolute Gasteiger partial charge is 0.244 e. The zero-order valence-electron chi connectivity index (χ0n) is 12.5. The van der Waals surface area contributed by atoms with Crippen LogP contribution in [0.2, 0.25) is 0 Å². The van der Waals surface area contributed by atoms with Gasteiger partial charge in [0.25, 0.3) is 0 Å². The highest BCUT2D eigenvalue weighted by atomic mass is 16.5. The van der Waals surface area contributed by atoms with Crippen LogP contribution in [0.5, 0.6) is 5.75 Å². The largest absolute Gasteiger partial charge is 0.491 e. The lowest BCUT2D eigenvalue weighted by atomic mass is 9.99. The fourth-order valence-electron chi connectivity index (χ4n) is 2.32. The molecule has 1 aromatic rings. The molecule has 0 aliphatic carbocycles. The maximum Gasteiger partial charge on any atom is 0.244 e. The van der Waals surface area contributed by atoms with Crippen molar-refractivity contribution in [3.05, 3.63) is 24.3 Å². The molecule has 4 heteroatoms. The van der Waals surface area contributed by atoms with E-state index in [9.17, 15) is 4.79 Å². The average Bonchev–Trinajstić information content (AvgIpc) is 2.87. The summed E-state index contributed by atoms with van der Waals surface area (Å²) in [7, 11) is 0. The number of anilines is 1. The minimum atomic E-state index is -0.451. The van der Waals surface area contributed by atoms with Crippen molar-refractivity contribution in [3.8, 4) is 5.75 Å². The number of benzene rings is 1. The second-order valence-electron chi connectivity index (χ2n) is 5.68. The van der Waals surface area contributed by atoms with Crippen molar-refractivity contribution in [1.29, 1.82) is 0 Å². The third-order valence-corrected chi connectivity index (χ3v) is 3.87. The highest BCUT2D eigenvalue weighted by Gasteiger charge is 2.35. The fraction of sp³-hybridized carbons (Fsp3) is 0.562. The minimum Gasteiger partial charge on any atom is -0.491 e. The van der Waals surface area contributed by atoms with Crippen LogP contribution in [0.3, 0.4) is 0 Å². The first-order valence-electron chi connectivity index (χ1n) is 7.37. The zero-order chi connectivity index (χ0) is 14.6. The molecule has 2 rings (SSSR count). The van der Waals surface area contributed by atoms with Gasteiger partial charge >= 0.3 is 0 Å². The predicted molar refractivity (Wildman–Crippen MR) is 81.1 cm³/mol. The summed E-state index contributed by atoms with van der Waals surface area (Å²) in [5.41, 5.74) is 0.332. The summed E-state index contributed by atoms with van der Waals surface area (Å²) in [6, 6.07) is 7.58. The van der Waals surface area contributed by atoms with Gasteiger partial charge in [0.1, 0.15) is 5.75 Å². The maximum atomic E-state index is 12.3. The van der Waals surface area contributed by atoms with Crippen molar-refractivity contribution in [3.63, 3.8) is 0 Å². The molecule has 1 aromatic carbocycles. The molecule has 1 aliphatic heterocycles. The van der Waals surface area contributed by atoms with Gasteiger partial charge in [-0.05, 0) is 51.8 Å². The van der Waals surface area contributed by atoms with Crippen molar-refractivity contribution < 1.29 is 9.53 Å². The second-order valence-corrected chi connectivity index (χ2v) is 5.68. The van der Waals surface area contributed by atoms with Crippen LogP contribution in [0.15, 0.2) is 24.3 Å². The second kappa shape index (κ2) is 6.27. The summed E-state index contributed by atoms with van der Waals surface area (Å²) < 4.78 is 5.77. The summed E-state index contributed by atoms with van der Waals surface area (Å²) in [4.78, 5) is 12.3. The van der Waals surface area contributed by atoms with Crippen molar-refractivity contribution in [2.24, 2.45) is 0 Å². The molecule has 0 spiro atoms. The number of ether oxygens (including phenoxy) is 1. The first-order valence-corrected chi connectivity index (χ1v) is 7.37. The van der Waals surface area contributed by atoms with Gasteiger partial charge in [0.05, 0.1) is 11.6 Å². The molecule has 2 N–H and O–H groups in total. The monoisotopic (exact) mass is 276 g/mol. The first kappa shape index (κ1) is 14.9. The van der Waals surface area contributed by atoms with E-state index in [0.717, 1.165) is 37.2 Å². The standard InChI is InChI=1S/C16H24N2O2/c1-4-12(2)20-14-8-5-7-13(11-14)18-15(19)16(3)9-6-10-17-16/h5,7-8,11-12,17H,4,6,9-10H2,1-3H3,(H,18,19). The molecular weight excluding hydrogens is 252 g/mol. The van der Waals surface area contributed by atoms with E-state index in [-0.39, 0.29) is 12.0 Å². The molecule has 1 heterocycles. The zero-order valence-corrected chi connectivity index (χ0v) is 12.5. The highest BCUT2D eigenvalue weighted by Crippen LogP contribution is 2.23. The van der Waals surface area contributed by atoms with Crippen LogP contribution in [-0.4, -0.2) is 24.1 Å². The SMILES string of the molecule is CCC(C)Oc1cccc(NC(=O)C2(C)CCCN2)c1. The molecule has 0 bridgehead atoms. The Morgan fingerprint density at radius 2 is 2.35 bits per heavy atom. The molecule has 4 nitrogen and oxygen atoms in total. The van der Waals surface area contributed by atoms with E-state index in [0.29, 0.717) is 0 Å². The van der Waals surface area contributed by atoms with E-state index in [4.69, 9.17) is 4.74 Å². The molecule has 0 aromatic heterocycles. The van der Waals surface area contributed by atoms with E-state index < -0.39 is 5.54 Å². The number of nitrogens with one attached hydrogen (secondary N) is 2. The Hall–Kier alpha value is -1.55. The van der Waals surface area contributed by atoms with Gasteiger partial charge in [0, 0.05) is 11.8 Å². The number of carbonyl (C=O) groups is 1.